The van der Waals surface area contributed by atoms with Crippen LogP contribution in [0.2, 0.25) is 0 Å². The molecule has 0 saturated carbocycles. The van der Waals surface area contributed by atoms with E-state index in [1.807, 2.05) is 133 Å². The average Bonchev–Trinajstić information content (AvgIpc) is 1.55. The number of anilines is 3. The van der Waals surface area contributed by atoms with Gasteiger partial charge in [0.25, 0.3) is 0 Å². The van der Waals surface area contributed by atoms with Crippen molar-refractivity contribution in [2.45, 2.75) is 51.9 Å². The number of hydrogen-bond acceptors (Lipinski definition) is 17. The number of methoxy groups -OCH3 is 3. The number of carbonyl (C=O) groups excluding carboxylic acids is 6. The first kappa shape index (κ1) is 60.6. The lowest BCUT2D eigenvalue weighted by Gasteiger charge is -2.33. The molecular weight excluding hydrogens is 1180 g/mol. The molecule has 2 N–H and O–H groups in total. The van der Waals surface area contributed by atoms with Gasteiger partial charge in [-0.25, -0.2) is 34.0 Å². The molecule has 0 radical (unpaired) electrons. The highest BCUT2D eigenvalue weighted by molar-refractivity contribution is 6.25. The van der Waals surface area contributed by atoms with Gasteiger partial charge in [-0.3, -0.25) is 9.59 Å². The Morgan fingerprint density at radius 1 is 0.366 bits per heavy atom. The quantitative estimate of drug-likeness (QED) is 0.0352. The fourth-order valence-electron chi connectivity index (χ4n) is 13.2. The predicted molar refractivity (Wildman–Crippen MR) is 353 cm³/mol. The molecule has 0 aliphatic carbocycles. The average molecular weight is 1250 g/mol. The van der Waals surface area contributed by atoms with Crippen molar-refractivity contribution >= 4 is 99.1 Å². The predicted octanol–water partition coefficient (Wildman–Crippen LogP) is 11.5. The smallest absolute Gasteiger partial charge is 0.331 e. The Labute approximate surface area is 535 Å². The Morgan fingerprint density at radius 2 is 0.624 bits per heavy atom. The number of hydrogen-bond donors (Lipinski definition) is 2. The molecule has 13 rings (SSSR count). The molecule has 8 heterocycles. The fraction of sp³-hybridized carbons (Fsp3) is 0.233. The van der Waals surface area contributed by atoms with Gasteiger partial charge >= 0.3 is 23.9 Å². The molecule has 0 spiro atoms. The molecule has 5 aliphatic rings. The van der Waals surface area contributed by atoms with Crippen LogP contribution in [0.25, 0.3) is 90.9 Å². The first-order valence-electron chi connectivity index (χ1n) is 30.7. The summed E-state index contributed by atoms with van der Waals surface area (Å²) in [5.41, 5.74) is 13.1. The van der Waals surface area contributed by atoms with Gasteiger partial charge in [-0.2, -0.15) is 0 Å². The topological polar surface area (TPSA) is 234 Å². The highest BCUT2D eigenvalue weighted by Gasteiger charge is 2.67. The van der Waals surface area contributed by atoms with Crippen molar-refractivity contribution in [1.29, 1.82) is 0 Å². The maximum atomic E-state index is 15.3. The van der Waals surface area contributed by atoms with E-state index in [0.29, 0.717) is 56.7 Å². The second-order valence-corrected chi connectivity index (χ2v) is 22.4. The van der Waals surface area contributed by atoms with Crippen molar-refractivity contribution in [3.05, 3.63) is 168 Å². The van der Waals surface area contributed by atoms with Gasteiger partial charge in [-0.15, -0.1) is 0 Å². The number of esters is 4. The Kier molecular flexibility index (Phi) is 16.4. The summed E-state index contributed by atoms with van der Waals surface area (Å²) >= 11 is 0. The lowest BCUT2D eigenvalue weighted by atomic mass is 9.89. The van der Waals surface area contributed by atoms with E-state index in [1.54, 1.807) is 90.3 Å². The molecule has 8 aromatic rings. The molecule has 2 unspecified atom stereocenters. The van der Waals surface area contributed by atoms with Gasteiger partial charge in [0.05, 0.1) is 88.1 Å². The van der Waals surface area contributed by atoms with Gasteiger partial charge in [0.1, 0.15) is 29.3 Å². The van der Waals surface area contributed by atoms with E-state index in [0.717, 1.165) is 60.5 Å². The van der Waals surface area contributed by atoms with Crippen LogP contribution in [0.4, 0.5) is 17.1 Å². The number of aromatic amines is 2. The minimum Gasteiger partial charge on any atom is -0.497 e. The molecule has 6 atom stereocenters. The number of carbonyl (C=O) groups is 6. The molecule has 8 bridgehead atoms. The normalized spacial score (nSPS) is 18.5. The maximum Gasteiger partial charge on any atom is 0.331 e. The molecule has 5 aliphatic heterocycles. The van der Waals surface area contributed by atoms with Crippen LogP contribution >= 0.6 is 0 Å². The maximum absolute atomic E-state index is 15.3. The zero-order valence-corrected chi connectivity index (χ0v) is 52.0. The second-order valence-electron chi connectivity index (χ2n) is 22.4. The van der Waals surface area contributed by atoms with E-state index in [1.165, 1.54) is 4.90 Å². The molecule has 470 valence electrons. The summed E-state index contributed by atoms with van der Waals surface area (Å²) in [6.45, 7) is 6.64. The number of rotatable bonds is 18. The lowest BCUT2D eigenvalue weighted by molar-refractivity contribution is -0.147. The Bertz CT molecular complexity index is 4410. The third-order valence-corrected chi connectivity index (χ3v) is 17.3. The number of nitrogens with one attached hydrogen (secondary N) is 2. The molecule has 3 aromatic heterocycles. The largest absolute Gasteiger partial charge is 0.497 e. The summed E-state index contributed by atoms with van der Waals surface area (Å²) in [6, 6.07) is 40.1. The van der Waals surface area contributed by atoms with Crippen molar-refractivity contribution in [1.82, 2.24) is 19.9 Å². The summed E-state index contributed by atoms with van der Waals surface area (Å²) in [6.07, 6.45) is 7.97. The van der Waals surface area contributed by atoms with Crippen molar-refractivity contribution in [3.8, 4) is 61.8 Å². The summed E-state index contributed by atoms with van der Waals surface area (Å²) < 4.78 is 38.6. The molecule has 2 amide bonds. The van der Waals surface area contributed by atoms with Gasteiger partial charge in [0.15, 0.2) is 12.1 Å². The SMILES string of the molecule is CCOC(=O)[C@@H]1[C@H](C(=O)OCC)N1c1ccc(N2[C@@H](C(=O)OCC)C3C(=O)N(c4ccc(-c5c6nc(c(-c7ccc(OC)cc7)c7ccc([nH]7)c(-c7ccc(OC)cc7)c7nc(c(-c8ccc(OC)cc8)c8ccc5[nH]8)C=C7)C=C6)cc4)C(=O)C3[C@@H]2C(=O)OCC)cc1. The van der Waals surface area contributed by atoms with Crippen molar-refractivity contribution in [2.24, 2.45) is 11.8 Å². The molecule has 20 nitrogen and oxygen atoms in total. The number of amides is 2. The first-order chi connectivity index (χ1) is 45.3. The summed E-state index contributed by atoms with van der Waals surface area (Å²) in [5.74, 6) is -5.00. The zero-order valence-electron chi connectivity index (χ0n) is 52.0. The van der Waals surface area contributed by atoms with Gasteiger partial charge in [0, 0.05) is 55.7 Å². The fourth-order valence-corrected chi connectivity index (χ4v) is 13.2. The van der Waals surface area contributed by atoms with Crippen LogP contribution in [-0.2, 0) is 47.7 Å². The Balaban J connectivity index is 0.939. The number of nitrogens with zero attached hydrogens (tertiary/aromatic N) is 5. The number of H-pyrrole nitrogens is 2. The van der Waals surface area contributed by atoms with E-state index < -0.39 is 71.7 Å². The molecule has 20 heteroatoms. The third kappa shape index (κ3) is 10.8. The number of imide groups is 1. The Hall–Kier alpha value is -11.3. The summed E-state index contributed by atoms with van der Waals surface area (Å²) in [7, 11) is 4.89. The zero-order chi connectivity index (χ0) is 64.8. The van der Waals surface area contributed by atoms with Crippen LogP contribution in [0, 0.1) is 11.8 Å². The van der Waals surface area contributed by atoms with E-state index in [4.69, 9.17) is 43.1 Å². The standard InChI is InChI=1S/C73H65N7O13/c1-8-90-70(83)64-62-63(65(71(84)91-9-2)78(64)44-22-24-45(25-23-44)79-66(72(85)92-10-3)67(79)73(86)93-11-4)69(82)80(68(62)81)46-20-12-40(13-21-46)58-50-32-34-52(74-50)59(41-14-26-47(87-5)27-15-41)54-36-38-56(76-54)61(43-18-30-49(89-7)31-19-43)57-39-37-55(77-57)60(53-35-33-51(58)75-53)42-16-28-48(88-6)29-17-42/h12-39,62-67,74,77H,8-11H2,1-7H3/t62?,63?,64-,65-,66-,67+,79?/m1/s1. The minimum absolute atomic E-state index is 0.0674. The lowest BCUT2D eigenvalue weighted by Crippen LogP contribution is -2.51. The number of benzene rings is 5. The third-order valence-electron chi connectivity index (χ3n) is 17.3. The van der Waals surface area contributed by atoms with Crippen LogP contribution in [0.3, 0.4) is 0 Å². The van der Waals surface area contributed by atoms with E-state index in [-0.39, 0.29) is 37.8 Å². The molecule has 3 saturated heterocycles. The van der Waals surface area contributed by atoms with Crippen LogP contribution in [0.5, 0.6) is 17.2 Å². The van der Waals surface area contributed by atoms with Gasteiger partial charge in [-0.1, -0.05) is 48.5 Å². The molecular formula is C73H65N7O13. The van der Waals surface area contributed by atoms with Crippen LogP contribution in [0.15, 0.2) is 146 Å². The highest BCUT2D eigenvalue weighted by Crippen LogP contribution is 2.49. The Morgan fingerprint density at radius 3 is 0.903 bits per heavy atom. The second kappa shape index (κ2) is 25.2. The van der Waals surface area contributed by atoms with Crippen LogP contribution < -0.4 is 28.9 Å². The van der Waals surface area contributed by atoms with E-state index in [9.17, 15) is 19.2 Å². The monoisotopic (exact) mass is 1250 g/mol. The van der Waals surface area contributed by atoms with Gasteiger partial charge < -0.3 is 52.9 Å². The van der Waals surface area contributed by atoms with Crippen LogP contribution in [0.1, 0.15) is 50.5 Å². The van der Waals surface area contributed by atoms with Crippen molar-refractivity contribution < 1.29 is 61.9 Å². The molecule has 5 aromatic carbocycles. The molecule has 93 heavy (non-hydrogen) atoms. The summed E-state index contributed by atoms with van der Waals surface area (Å²) in [5, 5.41) is 0. The molecule has 3 fully saturated rings. The van der Waals surface area contributed by atoms with E-state index >= 15 is 9.59 Å². The number of aromatic nitrogens is 4. The minimum atomic E-state index is -1.47. The first-order valence-corrected chi connectivity index (χ1v) is 30.7. The number of ether oxygens (including phenoxy) is 7. The summed E-state index contributed by atoms with van der Waals surface area (Å²) in [4.78, 5) is 108. The van der Waals surface area contributed by atoms with Crippen molar-refractivity contribution in [3.63, 3.8) is 0 Å². The van der Waals surface area contributed by atoms with Crippen LogP contribution in [-0.4, -0.2) is 128 Å². The van der Waals surface area contributed by atoms with Crippen molar-refractivity contribution in [2.75, 3.05) is 62.5 Å². The van der Waals surface area contributed by atoms with Gasteiger partial charge in [-0.05, 0) is 171 Å². The van der Waals surface area contributed by atoms with Gasteiger partial charge in [0.2, 0.25) is 11.8 Å². The highest BCUT2D eigenvalue weighted by atomic mass is 16.6. The van der Waals surface area contributed by atoms with E-state index in [2.05, 4.69) is 9.97 Å². The number of fused-ring (bicyclic) bond motifs is 9.